The third-order valence-electron chi connectivity index (χ3n) is 3.34. The fourth-order valence-corrected chi connectivity index (χ4v) is 2.45. The lowest BCUT2D eigenvalue weighted by Gasteiger charge is -2.25. The Kier molecular flexibility index (Phi) is 5.02. The minimum Gasteiger partial charge on any atom is -0.377 e. The third-order valence-corrected chi connectivity index (χ3v) is 3.59. The second-order valence-corrected chi connectivity index (χ2v) is 5.73. The van der Waals surface area contributed by atoms with Crippen molar-refractivity contribution in [3.8, 4) is 0 Å². The van der Waals surface area contributed by atoms with Crippen molar-refractivity contribution in [1.29, 1.82) is 0 Å². The quantitative estimate of drug-likeness (QED) is 0.908. The van der Waals surface area contributed by atoms with Crippen molar-refractivity contribution in [1.82, 2.24) is 10.2 Å². The Morgan fingerprint density at radius 2 is 2.00 bits per heavy atom. The van der Waals surface area contributed by atoms with E-state index >= 15 is 0 Å². The highest BCUT2D eigenvalue weighted by atomic mass is 35.5. The third kappa shape index (κ3) is 3.51. The first kappa shape index (κ1) is 15.3. The molecule has 1 aliphatic rings. The van der Waals surface area contributed by atoms with Gasteiger partial charge in [-0.2, -0.15) is 0 Å². The molecule has 4 nitrogen and oxygen atoms in total. The van der Waals surface area contributed by atoms with Gasteiger partial charge in [-0.1, -0.05) is 23.7 Å². The molecule has 2 atom stereocenters. The molecular weight excluding hydrogens is 276 g/mol. The van der Waals surface area contributed by atoms with Crippen molar-refractivity contribution >= 4 is 17.5 Å². The first-order valence-corrected chi connectivity index (χ1v) is 7.30. The summed E-state index contributed by atoms with van der Waals surface area (Å²) in [6, 6.07) is 7.40. The average Bonchev–Trinajstić information content (AvgIpc) is 2.67. The van der Waals surface area contributed by atoms with Gasteiger partial charge in [0.1, 0.15) is 6.17 Å². The van der Waals surface area contributed by atoms with Gasteiger partial charge in [0.25, 0.3) is 0 Å². The summed E-state index contributed by atoms with van der Waals surface area (Å²) in [6.07, 6.45) is 0.0672. The zero-order chi connectivity index (χ0) is 14.7. The molecular formula is C15H21ClN2O2. The van der Waals surface area contributed by atoms with E-state index in [1.165, 1.54) is 0 Å². The first-order valence-electron chi connectivity index (χ1n) is 6.92. The Balaban J connectivity index is 2.09. The van der Waals surface area contributed by atoms with E-state index in [1.807, 2.05) is 49.9 Å². The number of amides is 1. The molecule has 1 heterocycles. The highest BCUT2D eigenvalue weighted by Gasteiger charge is 2.36. The van der Waals surface area contributed by atoms with Crippen LogP contribution in [0.15, 0.2) is 24.3 Å². The highest BCUT2D eigenvalue weighted by molar-refractivity contribution is 6.30. The van der Waals surface area contributed by atoms with Gasteiger partial charge in [-0.05, 0) is 38.5 Å². The normalized spacial score (nSPS) is 22.9. The van der Waals surface area contributed by atoms with Crippen molar-refractivity contribution in [2.45, 2.75) is 39.1 Å². The van der Waals surface area contributed by atoms with Gasteiger partial charge >= 0.3 is 0 Å². The molecule has 2 rings (SSSR count). The molecule has 5 heteroatoms. The van der Waals surface area contributed by atoms with Gasteiger partial charge in [0.2, 0.25) is 5.91 Å². The lowest BCUT2D eigenvalue weighted by Crippen LogP contribution is -2.34. The summed E-state index contributed by atoms with van der Waals surface area (Å²) in [4.78, 5) is 14.0. The van der Waals surface area contributed by atoms with Crippen LogP contribution >= 0.6 is 11.6 Å². The van der Waals surface area contributed by atoms with Crippen molar-refractivity contribution < 1.29 is 9.53 Å². The van der Waals surface area contributed by atoms with Crippen LogP contribution in [0.4, 0.5) is 0 Å². The standard InChI is InChI=1S/C15H21ClN2O2/c1-10(2)20-9-8-18-14(17-11(3)15(18)19)12-4-6-13(16)7-5-12/h4-7,10-11,14,17H,8-9H2,1-3H3. The molecule has 0 aliphatic carbocycles. The smallest absolute Gasteiger partial charge is 0.241 e. The van der Waals surface area contributed by atoms with E-state index < -0.39 is 0 Å². The minimum absolute atomic E-state index is 0.106. The molecule has 1 fully saturated rings. The molecule has 1 amide bonds. The summed E-state index contributed by atoms with van der Waals surface area (Å²) in [5.74, 6) is 0.109. The summed E-state index contributed by atoms with van der Waals surface area (Å²) >= 11 is 5.91. The molecule has 1 aromatic carbocycles. The summed E-state index contributed by atoms with van der Waals surface area (Å²) in [7, 11) is 0. The molecule has 0 aromatic heterocycles. The summed E-state index contributed by atoms with van der Waals surface area (Å²) in [5.41, 5.74) is 1.04. The highest BCUT2D eigenvalue weighted by Crippen LogP contribution is 2.26. The predicted molar refractivity (Wildman–Crippen MR) is 79.6 cm³/mol. The van der Waals surface area contributed by atoms with Crippen molar-refractivity contribution in [2.24, 2.45) is 0 Å². The van der Waals surface area contributed by atoms with Crippen molar-refractivity contribution in [3.63, 3.8) is 0 Å². The van der Waals surface area contributed by atoms with Crippen LogP contribution in [-0.4, -0.2) is 36.1 Å². The number of ether oxygens (including phenoxy) is 1. The van der Waals surface area contributed by atoms with Gasteiger partial charge < -0.3 is 9.64 Å². The maximum Gasteiger partial charge on any atom is 0.241 e. The molecule has 0 bridgehead atoms. The van der Waals surface area contributed by atoms with E-state index in [0.29, 0.717) is 18.2 Å². The number of hydrogen-bond donors (Lipinski definition) is 1. The molecule has 0 saturated carbocycles. The van der Waals surface area contributed by atoms with Crippen LogP contribution in [0.25, 0.3) is 0 Å². The van der Waals surface area contributed by atoms with Crippen LogP contribution in [0, 0.1) is 0 Å². The van der Waals surface area contributed by atoms with Crippen LogP contribution in [0.1, 0.15) is 32.5 Å². The SMILES string of the molecule is CC(C)OCCN1C(=O)C(C)NC1c1ccc(Cl)cc1. The molecule has 0 radical (unpaired) electrons. The molecule has 110 valence electrons. The van der Waals surface area contributed by atoms with E-state index in [4.69, 9.17) is 16.3 Å². The summed E-state index contributed by atoms with van der Waals surface area (Å²) in [6.45, 7) is 6.99. The van der Waals surface area contributed by atoms with Gasteiger partial charge in [-0.25, -0.2) is 0 Å². The summed E-state index contributed by atoms with van der Waals surface area (Å²) < 4.78 is 5.55. The molecule has 1 N–H and O–H groups in total. The fourth-order valence-electron chi connectivity index (χ4n) is 2.32. The van der Waals surface area contributed by atoms with Crippen molar-refractivity contribution in [3.05, 3.63) is 34.9 Å². The van der Waals surface area contributed by atoms with E-state index in [9.17, 15) is 4.79 Å². The van der Waals surface area contributed by atoms with E-state index in [-0.39, 0.29) is 24.2 Å². The summed E-state index contributed by atoms with van der Waals surface area (Å²) in [5, 5.41) is 4.00. The largest absolute Gasteiger partial charge is 0.377 e. The zero-order valence-electron chi connectivity index (χ0n) is 12.1. The van der Waals surface area contributed by atoms with Crippen LogP contribution in [-0.2, 0) is 9.53 Å². The number of carbonyl (C=O) groups is 1. The molecule has 1 aliphatic heterocycles. The number of halogens is 1. The van der Waals surface area contributed by atoms with E-state index in [1.54, 1.807) is 0 Å². The Morgan fingerprint density at radius 1 is 1.35 bits per heavy atom. The number of benzene rings is 1. The van der Waals surface area contributed by atoms with Gasteiger partial charge in [-0.15, -0.1) is 0 Å². The zero-order valence-corrected chi connectivity index (χ0v) is 12.9. The second-order valence-electron chi connectivity index (χ2n) is 5.29. The maximum absolute atomic E-state index is 12.2. The number of nitrogens with one attached hydrogen (secondary N) is 1. The number of hydrogen-bond acceptors (Lipinski definition) is 3. The minimum atomic E-state index is -0.172. The van der Waals surface area contributed by atoms with Gasteiger partial charge in [0.15, 0.2) is 0 Å². The molecule has 1 saturated heterocycles. The number of nitrogens with zero attached hydrogens (tertiary/aromatic N) is 1. The van der Waals surface area contributed by atoms with E-state index in [2.05, 4.69) is 5.32 Å². The lowest BCUT2D eigenvalue weighted by atomic mass is 10.1. The number of rotatable bonds is 5. The average molecular weight is 297 g/mol. The molecule has 1 aromatic rings. The Morgan fingerprint density at radius 3 is 2.60 bits per heavy atom. The topological polar surface area (TPSA) is 41.6 Å². The first-order chi connectivity index (χ1) is 9.49. The predicted octanol–water partition coefficient (Wildman–Crippen LogP) is 2.58. The van der Waals surface area contributed by atoms with Gasteiger partial charge in [-0.3, -0.25) is 10.1 Å². The Bertz CT molecular complexity index is 461. The van der Waals surface area contributed by atoms with Gasteiger partial charge in [0.05, 0.1) is 18.8 Å². The Labute approximate surface area is 125 Å². The fraction of sp³-hybridized carbons (Fsp3) is 0.533. The molecule has 20 heavy (non-hydrogen) atoms. The lowest BCUT2D eigenvalue weighted by molar-refractivity contribution is -0.130. The maximum atomic E-state index is 12.2. The number of carbonyl (C=O) groups excluding carboxylic acids is 1. The second kappa shape index (κ2) is 6.57. The van der Waals surface area contributed by atoms with Crippen molar-refractivity contribution in [2.75, 3.05) is 13.2 Å². The van der Waals surface area contributed by atoms with Crippen LogP contribution in [0.3, 0.4) is 0 Å². The molecule has 0 spiro atoms. The van der Waals surface area contributed by atoms with Crippen LogP contribution in [0.2, 0.25) is 5.02 Å². The van der Waals surface area contributed by atoms with E-state index in [0.717, 1.165) is 5.56 Å². The molecule has 2 unspecified atom stereocenters. The van der Waals surface area contributed by atoms with Crippen LogP contribution in [0.5, 0.6) is 0 Å². The monoisotopic (exact) mass is 296 g/mol. The Hall–Kier alpha value is -1.10. The van der Waals surface area contributed by atoms with Gasteiger partial charge in [0, 0.05) is 11.6 Å². The van der Waals surface area contributed by atoms with Crippen LogP contribution < -0.4 is 5.32 Å².